The monoisotopic (exact) mass is 206 g/mol. The largest absolute Gasteiger partial charge is 0.508 e. The van der Waals surface area contributed by atoms with Crippen LogP contribution in [0.15, 0.2) is 30.4 Å². The van der Waals surface area contributed by atoms with E-state index in [2.05, 4.69) is 6.58 Å². The molecule has 1 N–H and O–H groups in total. The van der Waals surface area contributed by atoms with Crippen LogP contribution in [0.5, 0.6) is 11.5 Å². The molecule has 0 fully saturated rings. The van der Waals surface area contributed by atoms with Crippen LogP contribution in [0.4, 0.5) is 0 Å². The third kappa shape index (κ3) is 2.84. The van der Waals surface area contributed by atoms with Crippen molar-refractivity contribution in [1.82, 2.24) is 0 Å². The summed E-state index contributed by atoms with van der Waals surface area (Å²) in [5.41, 5.74) is 1.21. The lowest BCUT2D eigenvalue weighted by Crippen LogP contribution is -2.09. The van der Waals surface area contributed by atoms with E-state index in [1.165, 1.54) is 6.07 Å². The molecule has 0 aliphatic heterocycles. The Morgan fingerprint density at radius 3 is 2.73 bits per heavy atom. The van der Waals surface area contributed by atoms with Crippen LogP contribution in [-0.4, -0.2) is 11.1 Å². The molecule has 1 aromatic carbocycles. The SMILES string of the molecule is C=C(C)C(=O)Oc1cc(O)ccc1CC. The van der Waals surface area contributed by atoms with Gasteiger partial charge in [-0.1, -0.05) is 19.6 Å². The molecule has 0 radical (unpaired) electrons. The number of aryl methyl sites for hydroxylation is 1. The first-order valence-corrected chi connectivity index (χ1v) is 4.74. The van der Waals surface area contributed by atoms with Gasteiger partial charge in [-0.05, 0) is 25.0 Å². The van der Waals surface area contributed by atoms with Crippen molar-refractivity contribution in [1.29, 1.82) is 0 Å². The van der Waals surface area contributed by atoms with Gasteiger partial charge in [0.15, 0.2) is 0 Å². The minimum atomic E-state index is -0.477. The third-order valence-electron chi connectivity index (χ3n) is 1.98. The van der Waals surface area contributed by atoms with Crippen molar-refractivity contribution in [3.8, 4) is 11.5 Å². The Kier molecular flexibility index (Phi) is 3.50. The van der Waals surface area contributed by atoms with E-state index in [0.29, 0.717) is 11.3 Å². The van der Waals surface area contributed by atoms with Crippen molar-refractivity contribution in [2.75, 3.05) is 0 Å². The number of carbonyl (C=O) groups excluding carboxylic acids is 1. The van der Waals surface area contributed by atoms with Crippen LogP contribution < -0.4 is 4.74 Å². The molecule has 0 amide bonds. The normalized spacial score (nSPS) is 9.73. The molecule has 1 aromatic rings. The molecule has 80 valence electrons. The first-order valence-electron chi connectivity index (χ1n) is 4.74. The van der Waals surface area contributed by atoms with E-state index in [0.717, 1.165) is 12.0 Å². The Morgan fingerprint density at radius 1 is 1.53 bits per heavy atom. The van der Waals surface area contributed by atoms with Crippen molar-refractivity contribution in [2.24, 2.45) is 0 Å². The summed E-state index contributed by atoms with van der Waals surface area (Å²) in [5.74, 6) is -0.00230. The third-order valence-corrected chi connectivity index (χ3v) is 1.98. The number of hydrogen-bond acceptors (Lipinski definition) is 3. The van der Waals surface area contributed by atoms with Crippen LogP contribution in [0.3, 0.4) is 0 Å². The highest BCUT2D eigenvalue weighted by molar-refractivity contribution is 5.89. The topological polar surface area (TPSA) is 46.5 Å². The molecule has 0 saturated carbocycles. The summed E-state index contributed by atoms with van der Waals surface area (Å²) in [6.45, 7) is 7.02. The first-order chi connectivity index (χ1) is 7.04. The van der Waals surface area contributed by atoms with E-state index in [4.69, 9.17) is 4.74 Å². The molecule has 0 saturated heterocycles. The number of rotatable bonds is 3. The van der Waals surface area contributed by atoms with Crippen molar-refractivity contribution in [2.45, 2.75) is 20.3 Å². The van der Waals surface area contributed by atoms with Gasteiger partial charge < -0.3 is 9.84 Å². The van der Waals surface area contributed by atoms with E-state index in [-0.39, 0.29) is 5.75 Å². The van der Waals surface area contributed by atoms with Crippen molar-refractivity contribution in [3.05, 3.63) is 35.9 Å². The molecule has 3 heteroatoms. The second-order valence-electron chi connectivity index (χ2n) is 3.32. The average molecular weight is 206 g/mol. The van der Waals surface area contributed by atoms with Crippen molar-refractivity contribution in [3.63, 3.8) is 0 Å². The number of benzene rings is 1. The number of carbonyl (C=O) groups is 1. The fraction of sp³-hybridized carbons (Fsp3) is 0.250. The van der Waals surface area contributed by atoms with Gasteiger partial charge in [0.05, 0.1) is 0 Å². The highest BCUT2D eigenvalue weighted by Gasteiger charge is 2.09. The van der Waals surface area contributed by atoms with E-state index < -0.39 is 5.97 Å². The van der Waals surface area contributed by atoms with Gasteiger partial charge >= 0.3 is 5.97 Å². The number of ether oxygens (including phenoxy) is 1. The van der Waals surface area contributed by atoms with Gasteiger partial charge in [-0.15, -0.1) is 0 Å². The standard InChI is InChI=1S/C12H14O3/c1-4-9-5-6-10(13)7-11(9)15-12(14)8(2)3/h5-7,13H,2,4H2,1,3H3. The maximum absolute atomic E-state index is 11.3. The predicted molar refractivity (Wildman–Crippen MR) is 57.9 cm³/mol. The Bertz CT molecular complexity index is 394. The van der Waals surface area contributed by atoms with Crippen molar-refractivity contribution >= 4 is 5.97 Å². The molecule has 0 unspecified atom stereocenters. The second-order valence-corrected chi connectivity index (χ2v) is 3.32. The van der Waals surface area contributed by atoms with Gasteiger partial charge in [-0.3, -0.25) is 0 Å². The summed E-state index contributed by atoms with van der Waals surface area (Å²) in [5, 5.41) is 9.27. The second kappa shape index (κ2) is 4.64. The molecule has 15 heavy (non-hydrogen) atoms. The molecule has 1 rings (SSSR count). The van der Waals surface area contributed by atoms with Crippen molar-refractivity contribution < 1.29 is 14.6 Å². The van der Waals surface area contributed by atoms with Gasteiger partial charge in [-0.2, -0.15) is 0 Å². The van der Waals surface area contributed by atoms with Crippen LogP contribution >= 0.6 is 0 Å². The van der Waals surface area contributed by atoms with Gasteiger partial charge in [0.25, 0.3) is 0 Å². The predicted octanol–water partition coefficient (Wildman–Crippen LogP) is 2.44. The highest BCUT2D eigenvalue weighted by atomic mass is 16.5. The molecule has 0 aromatic heterocycles. The van der Waals surface area contributed by atoms with E-state index in [9.17, 15) is 9.90 Å². The van der Waals surface area contributed by atoms with Crippen LogP contribution in [0, 0.1) is 0 Å². The van der Waals surface area contributed by atoms with Gasteiger partial charge in [0.2, 0.25) is 0 Å². The zero-order valence-corrected chi connectivity index (χ0v) is 8.91. The molecule has 0 atom stereocenters. The molecule has 0 heterocycles. The molecule has 3 nitrogen and oxygen atoms in total. The van der Waals surface area contributed by atoms with E-state index >= 15 is 0 Å². The van der Waals surface area contributed by atoms with E-state index in [1.54, 1.807) is 19.1 Å². The Morgan fingerprint density at radius 2 is 2.20 bits per heavy atom. The number of phenols is 1. The summed E-state index contributed by atoms with van der Waals surface area (Å²) < 4.78 is 5.08. The number of hydrogen-bond donors (Lipinski definition) is 1. The molecule has 0 aliphatic rings. The van der Waals surface area contributed by atoms with Crippen LogP contribution in [0.25, 0.3) is 0 Å². The number of phenolic OH excluding ortho intramolecular Hbond substituents is 1. The minimum absolute atomic E-state index is 0.0803. The van der Waals surface area contributed by atoms with E-state index in [1.807, 2.05) is 6.92 Å². The lowest BCUT2D eigenvalue weighted by molar-refractivity contribution is -0.130. The molecule has 0 bridgehead atoms. The summed E-state index contributed by atoms with van der Waals surface area (Å²) >= 11 is 0. The smallest absolute Gasteiger partial charge is 0.338 e. The average Bonchev–Trinajstić information content (AvgIpc) is 2.18. The quantitative estimate of drug-likeness (QED) is 0.469. The van der Waals surface area contributed by atoms with Crippen LogP contribution in [-0.2, 0) is 11.2 Å². The Hall–Kier alpha value is -1.77. The zero-order chi connectivity index (χ0) is 11.4. The van der Waals surface area contributed by atoms with Gasteiger partial charge in [0, 0.05) is 11.6 Å². The molecule has 0 spiro atoms. The fourth-order valence-electron chi connectivity index (χ4n) is 1.12. The highest BCUT2D eigenvalue weighted by Crippen LogP contribution is 2.25. The number of esters is 1. The first kappa shape index (κ1) is 11.3. The Balaban J connectivity index is 2.97. The lowest BCUT2D eigenvalue weighted by atomic mass is 10.1. The maximum atomic E-state index is 11.3. The van der Waals surface area contributed by atoms with Crippen LogP contribution in [0.1, 0.15) is 19.4 Å². The summed E-state index contributed by atoms with van der Waals surface area (Å²) in [6.07, 6.45) is 0.735. The number of aromatic hydroxyl groups is 1. The molecular weight excluding hydrogens is 192 g/mol. The summed E-state index contributed by atoms with van der Waals surface area (Å²) in [4.78, 5) is 11.3. The minimum Gasteiger partial charge on any atom is -0.508 e. The maximum Gasteiger partial charge on any atom is 0.338 e. The summed E-state index contributed by atoms with van der Waals surface area (Å²) in [7, 11) is 0. The van der Waals surface area contributed by atoms with Gasteiger partial charge in [-0.25, -0.2) is 4.79 Å². The van der Waals surface area contributed by atoms with Crippen LogP contribution in [0.2, 0.25) is 0 Å². The molecule has 0 aliphatic carbocycles. The summed E-state index contributed by atoms with van der Waals surface area (Å²) in [6, 6.07) is 4.73. The Labute approximate surface area is 89.0 Å². The zero-order valence-electron chi connectivity index (χ0n) is 8.91. The lowest BCUT2D eigenvalue weighted by Gasteiger charge is -2.08. The van der Waals surface area contributed by atoms with Gasteiger partial charge in [0.1, 0.15) is 11.5 Å². The fourth-order valence-corrected chi connectivity index (χ4v) is 1.12. The molecular formula is C12H14O3.